The Morgan fingerprint density at radius 1 is 1.32 bits per heavy atom. The zero-order valence-corrected chi connectivity index (χ0v) is 11.6. The van der Waals surface area contributed by atoms with Crippen molar-refractivity contribution in [3.63, 3.8) is 0 Å². The number of nitrogen functional groups attached to an aromatic ring is 1. The molecule has 1 aromatic carbocycles. The van der Waals surface area contributed by atoms with Crippen LogP contribution in [0.2, 0.25) is 5.02 Å². The third-order valence-corrected chi connectivity index (χ3v) is 4.62. The summed E-state index contributed by atoms with van der Waals surface area (Å²) in [7, 11) is 0. The quantitative estimate of drug-likeness (QED) is 0.918. The maximum atomic E-state index is 6.19. The predicted molar refractivity (Wildman–Crippen MR) is 75.1 cm³/mol. The summed E-state index contributed by atoms with van der Waals surface area (Å²) in [5.41, 5.74) is 7.76. The topological polar surface area (TPSA) is 57.4 Å². The van der Waals surface area contributed by atoms with E-state index < -0.39 is 0 Å². The minimum atomic E-state index is 0.207. The van der Waals surface area contributed by atoms with Gasteiger partial charge in [-0.25, -0.2) is 4.98 Å². The van der Waals surface area contributed by atoms with E-state index in [4.69, 9.17) is 26.8 Å². The largest absolute Gasteiger partial charge is 0.454 e. The second-order valence-corrected chi connectivity index (χ2v) is 6.20. The third kappa shape index (κ3) is 1.84. The Balaban J connectivity index is 1.81. The normalized spacial score (nSPS) is 16.9. The van der Waals surface area contributed by atoms with Gasteiger partial charge >= 0.3 is 0 Å². The molecule has 1 aromatic heterocycles. The maximum absolute atomic E-state index is 6.19. The zero-order valence-electron chi connectivity index (χ0n) is 9.98. The summed E-state index contributed by atoms with van der Waals surface area (Å²) in [6, 6.07) is 3.72. The first-order chi connectivity index (χ1) is 9.22. The molecular weight excluding hydrogens is 284 g/mol. The van der Waals surface area contributed by atoms with Crippen molar-refractivity contribution in [3.8, 4) is 22.8 Å². The number of benzene rings is 1. The smallest absolute Gasteiger partial charge is 0.231 e. The average Bonchev–Trinajstić information content (AvgIpc) is 2.99. The van der Waals surface area contributed by atoms with Crippen LogP contribution < -0.4 is 15.2 Å². The van der Waals surface area contributed by atoms with E-state index in [0.717, 1.165) is 21.3 Å². The highest BCUT2D eigenvalue weighted by molar-refractivity contribution is 7.16. The van der Waals surface area contributed by atoms with E-state index in [-0.39, 0.29) is 6.79 Å². The van der Waals surface area contributed by atoms with Gasteiger partial charge in [0.05, 0.1) is 10.0 Å². The van der Waals surface area contributed by atoms with Gasteiger partial charge in [0, 0.05) is 11.5 Å². The number of aromatic nitrogens is 1. The van der Waals surface area contributed by atoms with Crippen molar-refractivity contribution in [1.82, 2.24) is 4.98 Å². The molecular formula is C13H11ClN2O2S. The lowest BCUT2D eigenvalue weighted by molar-refractivity contribution is 0.174. The Hall–Kier alpha value is -1.46. The van der Waals surface area contributed by atoms with E-state index in [9.17, 15) is 0 Å². The van der Waals surface area contributed by atoms with Crippen LogP contribution in [0.5, 0.6) is 11.5 Å². The van der Waals surface area contributed by atoms with Crippen LogP contribution in [-0.4, -0.2) is 11.8 Å². The van der Waals surface area contributed by atoms with Gasteiger partial charge < -0.3 is 15.2 Å². The number of halogens is 1. The SMILES string of the molecule is Nc1sc(C2CC2)nc1-c1cc(Cl)c2c(c1)OCO2. The summed E-state index contributed by atoms with van der Waals surface area (Å²) in [6.45, 7) is 0.207. The van der Waals surface area contributed by atoms with Crippen molar-refractivity contribution in [1.29, 1.82) is 0 Å². The van der Waals surface area contributed by atoms with E-state index in [2.05, 4.69) is 4.98 Å². The molecule has 0 radical (unpaired) electrons. The highest BCUT2D eigenvalue weighted by Crippen LogP contribution is 2.47. The lowest BCUT2D eigenvalue weighted by Gasteiger charge is -2.03. The number of nitrogens with two attached hydrogens (primary N) is 1. The fraction of sp³-hybridized carbons (Fsp3) is 0.308. The number of ether oxygens (including phenoxy) is 2. The van der Waals surface area contributed by atoms with Crippen molar-refractivity contribution in [2.75, 3.05) is 12.5 Å². The predicted octanol–water partition coefficient (Wildman–Crippen LogP) is 3.65. The van der Waals surface area contributed by atoms with Crippen LogP contribution in [0, 0.1) is 0 Å². The number of fused-ring (bicyclic) bond motifs is 1. The average molecular weight is 295 g/mol. The van der Waals surface area contributed by atoms with E-state index in [1.165, 1.54) is 12.8 Å². The number of anilines is 1. The van der Waals surface area contributed by atoms with Crippen LogP contribution in [0.3, 0.4) is 0 Å². The molecule has 2 N–H and O–H groups in total. The van der Waals surface area contributed by atoms with Gasteiger partial charge in [-0.1, -0.05) is 11.6 Å². The van der Waals surface area contributed by atoms with Crippen LogP contribution in [0.15, 0.2) is 12.1 Å². The van der Waals surface area contributed by atoms with E-state index in [1.54, 1.807) is 11.3 Å². The number of hydrogen-bond acceptors (Lipinski definition) is 5. The van der Waals surface area contributed by atoms with Crippen molar-refractivity contribution < 1.29 is 9.47 Å². The third-order valence-electron chi connectivity index (χ3n) is 3.30. The highest BCUT2D eigenvalue weighted by atomic mass is 35.5. The Bertz CT molecular complexity index is 667. The molecule has 1 aliphatic heterocycles. The van der Waals surface area contributed by atoms with Gasteiger partial charge in [0.15, 0.2) is 11.5 Å². The number of rotatable bonds is 2. The molecule has 2 aromatic rings. The standard InChI is InChI=1S/C13H11ClN2O2S/c14-8-3-7(4-9-11(8)18-5-17-9)10-12(15)19-13(16-10)6-1-2-6/h3-4,6H,1-2,5,15H2. The van der Waals surface area contributed by atoms with Crippen molar-refractivity contribution in [2.24, 2.45) is 0 Å². The molecule has 98 valence electrons. The van der Waals surface area contributed by atoms with Gasteiger partial charge in [-0.3, -0.25) is 0 Å². The molecule has 0 bridgehead atoms. The summed E-state index contributed by atoms with van der Waals surface area (Å²) in [4.78, 5) is 4.65. The molecule has 19 heavy (non-hydrogen) atoms. The lowest BCUT2D eigenvalue weighted by atomic mass is 10.1. The van der Waals surface area contributed by atoms with Gasteiger partial charge in [-0.05, 0) is 25.0 Å². The maximum Gasteiger partial charge on any atom is 0.231 e. The summed E-state index contributed by atoms with van der Waals surface area (Å²) < 4.78 is 10.7. The van der Waals surface area contributed by atoms with Crippen molar-refractivity contribution >= 4 is 27.9 Å². The fourth-order valence-electron chi connectivity index (χ4n) is 2.16. The summed E-state index contributed by atoms with van der Waals surface area (Å²) in [5, 5.41) is 2.39. The monoisotopic (exact) mass is 294 g/mol. The van der Waals surface area contributed by atoms with Crippen LogP contribution >= 0.6 is 22.9 Å². The van der Waals surface area contributed by atoms with Crippen molar-refractivity contribution in [3.05, 3.63) is 22.2 Å². The molecule has 1 fully saturated rings. The molecule has 2 heterocycles. The second-order valence-electron chi connectivity index (χ2n) is 4.73. The lowest BCUT2D eigenvalue weighted by Crippen LogP contribution is -1.93. The van der Waals surface area contributed by atoms with Gasteiger partial charge in [0.1, 0.15) is 10.7 Å². The van der Waals surface area contributed by atoms with Crippen LogP contribution in [-0.2, 0) is 0 Å². The number of nitrogens with zero attached hydrogens (tertiary/aromatic N) is 1. The molecule has 4 nitrogen and oxygen atoms in total. The Morgan fingerprint density at radius 3 is 2.95 bits per heavy atom. The first kappa shape index (κ1) is 11.4. The van der Waals surface area contributed by atoms with Gasteiger partial charge in [-0.2, -0.15) is 0 Å². The summed E-state index contributed by atoms with van der Waals surface area (Å²) >= 11 is 7.76. The molecule has 1 aliphatic carbocycles. The van der Waals surface area contributed by atoms with Gasteiger partial charge in [0.25, 0.3) is 0 Å². The first-order valence-electron chi connectivity index (χ1n) is 6.08. The minimum absolute atomic E-state index is 0.207. The Labute approximate surface area is 119 Å². The van der Waals surface area contributed by atoms with Gasteiger partial charge in [0.2, 0.25) is 6.79 Å². The molecule has 4 rings (SSSR count). The van der Waals surface area contributed by atoms with E-state index in [0.29, 0.717) is 22.4 Å². The summed E-state index contributed by atoms with van der Waals surface area (Å²) in [5.74, 6) is 1.86. The molecule has 0 atom stereocenters. The molecule has 0 spiro atoms. The van der Waals surface area contributed by atoms with Crippen LogP contribution in [0.25, 0.3) is 11.3 Å². The molecule has 0 unspecified atom stereocenters. The highest BCUT2D eigenvalue weighted by Gasteiger charge is 2.29. The van der Waals surface area contributed by atoms with Crippen LogP contribution in [0.4, 0.5) is 5.00 Å². The molecule has 0 saturated heterocycles. The first-order valence-corrected chi connectivity index (χ1v) is 7.27. The van der Waals surface area contributed by atoms with E-state index in [1.807, 2.05) is 12.1 Å². The second kappa shape index (κ2) is 4.02. The fourth-order valence-corrected chi connectivity index (χ4v) is 3.45. The number of hydrogen-bond donors (Lipinski definition) is 1. The number of thiazole rings is 1. The Morgan fingerprint density at radius 2 is 2.16 bits per heavy atom. The molecule has 1 saturated carbocycles. The van der Waals surface area contributed by atoms with Crippen LogP contribution in [0.1, 0.15) is 23.8 Å². The Kier molecular flexibility index (Phi) is 2.40. The molecule has 6 heteroatoms. The van der Waals surface area contributed by atoms with E-state index >= 15 is 0 Å². The molecule has 0 amide bonds. The molecule has 2 aliphatic rings. The van der Waals surface area contributed by atoms with Crippen molar-refractivity contribution in [2.45, 2.75) is 18.8 Å². The zero-order chi connectivity index (χ0) is 13.0. The summed E-state index contributed by atoms with van der Waals surface area (Å²) in [6.07, 6.45) is 2.43. The van der Waals surface area contributed by atoms with Gasteiger partial charge in [-0.15, -0.1) is 11.3 Å². The minimum Gasteiger partial charge on any atom is -0.454 e.